The summed E-state index contributed by atoms with van der Waals surface area (Å²) in [6.45, 7) is 8.37. The van der Waals surface area contributed by atoms with Gasteiger partial charge in [-0.3, -0.25) is 0 Å². The summed E-state index contributed by atoms with van der Waals surface area (Å²) >= 11 is 0. The minimum atomic E-state index is 0.777. The van der Waals surface area contributed by atoms with Gasteiger partial charge in [0.05, 0.1) is 0 Å². The molecule has 0 heteroatoms. The predicted octanol–water partition coefficient (Wildman–Crippen LogP) is 8.63. The Bertz CT molecular complexity index is 729. The molecule has 0 N–H and O–H groups in total. The first kappa shape index (κ1) is 20.9. The van der Waals surface area contributed by atoms with Gasteiger partial charge in [0.1, 0.15) is 0 Å². The Kier molecular flexibility index (Phi) is 7.95. The van der Waals surface area contributed by atoms with Crippen LogP contribution in [-0.4, -0.2) is 0 Å². The van der Waals surface area contributed by atoms with Crippen molar-refractivity contribution in [2.24, 2.45) is 5.92 Å². The van der Waals surface area contributed by atoms with Crippen molar-refractivity contribution < 1.29 is 0 Å². The number of unbranched alkanes of at least 4 members (excludes halogenated alkanes) is 2. The van der Waals surface area contributed by atoms with E-state index in [0.717, 1.165) is 24.7 Å². The van der Waals surface area contributed by atoms with Gasteiger partial charge < -0.3 is 0 Å². The summed E-state index contributed by atoms with van der Waals surface area (Å²) in [6.07, 6.45) is 15.4. The molecular formula is C28H38. The summed E-state index contributed by atoms with van der Waals surface area (Å²) in [4.78, 5) is 0. The van der Waals surface area contributed by atoms with Crippen molar-refractivity contribution in [1.29, 1.82) is 0 Å². The lowest BCUT2D eigenvalue weighted by Gasteiger charge is -2.29. The number of aryl methyl sites for hydroxylation is 2. The molecular weight excluding hydrogens is 336 g/mol. The molecule has 1 fully saturated rings. The minimum absolute atomic E-state index is 0.777. The second-order valence-electron chi connectivity index (χ2n) is 8.80. The molecule has 0 heterocycles. The molecule has 0 aliphatic heterocycles. The maximum absolute atomic E-state index is 3.84. The molecule has 0 radical (unpaired) electrons. The van der Waals surface area contributed by atoms with Gasteiger partial charge in [0.25, 0.3) is 0 Å². The molecule has 0 spiro atoms. The topological polar surface area (TPSA) is 0 Å². The van der Waals surface area contributed by atoms with Gasteiger partial charge in [0.2, 0.25) is 0 Å². The van der Waals surface area contributed by atoms with Gasteiger partial charge >= 0.3 is 0 Å². The Morgan fingerprint density at radius 2 is 1.64 bits per heavy atom. The number of allylic oxidation sites excluding steroid dienone is 1. The highest BCUT2D eigenvalue weighted by Crippen LogP contribution is 2.38. The lowest BCUT2D eigenvalue weighted by molar-refractivity contribution is 0.303. The molecule has 1 aliphatic carbocycles. The van der Waals surface area contributed by atoms with E-state index >= 15 is 0 Å². The molecule has 0 saturated heterocycles. The van der Waals surface area contributed by atoms with E-state index in [1.165, 1.54) is 73.6 Å². The van der Waals surface area contributed by atoms with E-state index in [2.05, 4.69) is 62.9 Å². The van der Waals surface area contributed by atoms with Crippen molar-refractivity contribution in [2.75, 3.05) is 0 Å². The van der Waals surface area contributed by atoms with Crippen LogP contribution in [0.25, 0.3) is 11.1 Å². The fourth-order valence-corrected chi connectivity index (χ4v) is 4.83. The van der Waals surface area contributed by atoms with E-state index in [0.29, 0.717) is 0 Å². The highest BCUT2D eigenvalue weighted by molar-refractivity contribution is 5.65. The maximum Gasteiger partial charge on any atom is -0.0162 e. The highest BCUT2D eigenvalue weighted by Gasteiger charge is 2.22. The molecule has 0 bridgehead atoms. The van der Waals surface area contributed by atoms with Crippen LogP contribution in [0.3, 0.4) is 0 Å². The van der Waals surface area contributed by atoms with Crippen LogP contribution in [0, 0.1) is 12.8 Å². The van der Waals surface area contributed by atoms with Crippen molar-refractivity contribution in [3.63, 3.8) is 0 Å². The molecule has 2 aromatic carbocycles. The fourth-order valence-electron chi connectivity index (χ4n) is 4.83. The van der Waals surface area contributed by atoms with Crippen molar-refractivity contribution in [2.45, 2.75) is 84.0 Å². The zero-order chi connectivity index (χ0) is 19.8. The number of hydrogen-bond acceptors (Lipinski definition) is 0. The first-order valence-electron chi connectivity index (χ1n) is 11.5. The van der Waals surface area contributed by atoms with Crippen LogP contribution < -0.4 is 0 Å². The maximum atomic E-state index is 3.84. The summed E-state index contributed by atoms with van der Waals surface area (Å²) in [5, 5.41) is 0. The van der Waals surface area contributed by atoms with E-state index < -0.39 is 0 Å². The Labute approximate surface area is 173 Å². The van der Waals surface area contributed by atoms with Crippen LogP contribution >= 0.6 is 0 Å². The van der Waals surface area contributed by atoms with Crippen molar-refractivity contribution in [1.82, 2.24) is 0 Å². The minimum Gasteiger partial charge on any atom is -0.103 e. The third-order valence-electron chi connectivity index (χ3n) is 6.74. The Balaban J connectivity index is 1.58. The molecule has 0 amide bonds. The molecule has 1 saturated carbocycles. The SMILES string of the molecule is C=CCCc1ccc(-c2ccc(C3CCC(CCCCC)CC3)cc2)cc1C. The van der Waals surface area contributed by atoms with Crippen LogP contribution in [0.15, 0.2) is 55.1 Å². The second-order valence-corrected chi connectivity index (χ2v) is 8.80. The molecule has 0 aromatic heterocycles. The van der Waals surface area contributed by atoms with Crippen molar-refractivity contribution in [3.05, 3.63) is 71.8 Å². The zero-order valence-corrected chi connectivity index (χ0v) is 18.1. The lowest BCUT2D eigenvalue weighted by Crippen LogP contribution is -2.13. The average molecular weight is 375 g/mol. The van der Waals surface area contributed by atoms with E-state index in [4.69, 9.17) is 0 Å². The first-order chi connectivity index (χ1) is 13.7. The molecule has 0 unspecified atom stereocenters. The smallest absolute Gasteiger partial charge is 0.0162 e. The van der Waals surface area contributed by atoms with Gasteiger partial charge in [-0.25, -0.2) is 0 Å². The number of benzene rings is 2. The van der Waals surface area contributed by atoms with Crippen LogP contribution in [0.4, 0.5) is 0 Å². The molecule has 150 valence electrons. The van der Waals surface area contributed by atoms with Crippen molar-refractivity contribution in [3.8, 4) is 11.1 Å². The molecule has 1 aliphatic rings. The van der Waals surface area contributed by atoms with E-state index in [1.54, 1.807) is 5.56 Å². The van der Waals surface area contributed by atoms with Gasteiger partial charge in [-0.1, -0.05) is 81.1 Å². The third-order valence-corrected chi connectivity index (χ3v) is 6.74. The molecule has 0 nitrogen and oxygen atoms in total. The standard InChI is InChI=1S/C28H38/c1-4-6-8-9-23-11-13-25(14-12-23)26-16-18-27(19-17-26)28-20-15-24(10-7-5-2)22(3)21-28/h5,15-21,23,25H,2,4,6-14H2,1,3H3. The molecule has 0 atom stereocenters. The summed E-state index contributed by atoms with van der Waals surface area (Å²) in [5.74, 6) is 1.77. The monoisotopic (exact) mass is 374 g/mol. The van der Waals surface area contributed by atoms with Crippen LogP contribution in [0.5, 0.6) is 0 Å². The summed E-state index contributed by atoms with van der Waals surface area (Å²) in [7, 11) is 0. The lowest BCUT2D eigenvalue weighted by atomic mass is 9.77. The normalized spacial score (nSPS) is 19.5. The summed E-state index contributed by atoms with van der Waals surface area (Å²) in [6, 6.07) is 16.4. The highest BCUT2D eigenvalue weighted by atomic mass is 14.3. The van der Waals surface area contributed by atoms with Gasteiger partial charge in [0.15, 0.2) is 0 Å². The quantitative estimate of drug-likeness (QED) is 0.304. The molecule has 28 heavy (non-hydrogen) atoms. The van der Waals surface area contributed by atoms with Gasteiger partial charge in [-0.15, -0.1) is 6.58 Å². The van der Waals surface area contributed by atoms with Crippen LogP contribution in [0.2, 0.25) is 0 Å². The average Bonchev–Trinajstić information content (AvgIpc) is 2.74. The van der Waals surface area contributed by atoms with E-state index in [1.807, 2.05) is 6.08 Å². The van der Waals surface area contributed by atoms with Gasteiger partial charge in [-0.2, -0.15) is 0 Å². The third kappa shape index (κ3) is 5.60. The van der Waals surface area contributed by atoms with E-state index in [-0.39, 0.29) is 0 Å². The Morgan fingerprint density at radius 3 is 2.29 bits per heavy atom. The fraction of sp³-hybridized carbons (Fsp3) is 0.500. The second kappa shape index (κ2) is 10.6. The Morgan fingerprint density at radius 1 is 0.929 bits per heavy atom. The largest absolute Gasteiger partial charge is 0.103 e. The first-order valence-corrected chi connectivity index (χ1v) is 11.5. The van der Waals surface area contributed by atoms with E-state index in [9.17, 15) is 0 Å². The number of rotatable bonds is 9. The molecule has 2 aromatic rings. The molecule has 3 rings (SSSR count). The zero-order valence-electron chi connectivity index (χ0n) is 18.1. The van der Waals surface area contributed by atoms with Gasteiger partial charge in [0, 0.05) is 0 Å². The van der Waals surface area contributed by atoms with Crippen LogP contribution in [0.1, 0.15) is 87.3 Å². The number of hydrogen-bond donors (Lipinski definition) is 0. The Hall–Kier alpha value is -1.82. The van der Waals surface area contributed by atoms with Gasteiger partial charge in [-0.05, 0) is 85.1 Å². The predicted molar refractivity (Wildman–Crippen MR) is 124 cm³/mol. The summed E-state index contributed by atoms with van der Waals surface area (Å²) < 4.78 is 0. The summed E-state index contributed by atoms with van der Waals surface area (Å²) in [5.41, 5.74) is 7.07. The van der Waals surface area contributed by atoms with Crippen LogP contribution in [-0.2, 0) is 6.42 Å². The van der Waals surface area contributed by atoms with Crippen molar-refractivity contribution >= 4 is 0 Å².